The topological polar surface area (TPSA) is 64.6 Å². The van der Waals surface area contributed by atoms with Crippen molar-refractivity contribution in [3.63, 3.8) is 0 Å². The number of halogens is 1. The number of nitrogens with one attached hydrogen (secondary N) is 1. The van der Waals surface area contributed by atoms with Crippen LogP contribution >= 0.6 is 11.6 Å². The lowest BCUT2D eigenvalue weighted by molar-refractivity contribution is -0.141. The van der Waals surface area contributed by atoms with Crippen LogP contribution in [0.25, 0.3) is 0 Å². The van der Waals surface area contributed by atoms with Crippen LogP contribution in [0.1, 0.15) is 23.6 Å². The van der Waals surface area contributed by atoms with Gasteiger partial charge in [0.25, 0.3) is 5.91 Å². The second-order valence-electron chi connectivity index (χ2n) is 5.81. The summed E-state index contributed by atoms with van der Waals surface area (Å²) < 4.78 is 10.4. The molecule has 2 atom stereocenters. The van der Waals surface area contributed by atoms with Crippen molar-refractivity contribution in [3.05, 3.63) is 64.7 Å². The van der Waals surface area contributed by atoms with Crippen LogP contribution in [-0.4, -0.2) is 25.1 Å². The molecule has 2 unspecified atom stereocenters. The van der Waals surface area contributed by atoms with E-state index in [2.05, 4.69) is 5.32 Å². The summed E-state index contributed by atoms with van der Waals surface area (Å²) in [6, 6.07) is 14.1. The molecule has 1 amide bonds. The summed E-state index contributed by atoms with van der Waals surface area (Å²) in [6.07, 6.45) is -0.142. The van der Waals surface area contributed by atoms with Gasteiger partial charge in [-0.05, 0) is 29.3 Å². The van der Waals surface area contributed by atoms with Crippen LogP contribution in [-0.2, 0) is 20.7 Å². The molecule has 5 nitrogen and oxygen atoms in total. The Morgan fingerprint density at radius 1 is 1.28 bits per heavy atom. The van der Waals surface area contributed by atoms with Crippen LogP contribution in [0.2, 0.25) is 5.02 Å². The van der Waals surface area contributed by atoms with Crippen molar-refractivity contribution in [1.29, 1.82) is 0 Å². The number of methoxy groups -OCH3 is 1. The third kappa shape index (κ3) is 4.12. The molecular formula is C19H18ClNO4. The zero-order chi connectivity index (χ0) is 17.8. The molecule has 0 aliphatic carbocycles. The smallest absolute Gasteiger partial charge is 0.307 e. The predicted octanol–water partition coefficient (Wildman–Crippen LogP) is 3.06. The standard InChI is InChI=1S/C19H18ClNO4/c1-24-18(22)11-15(12-5-3-2-4-6-12)21-19(23)17-10-13-9-14(20)7-8-16(13)25-17/h2-9,15,17H,10-11H2,1H3,(H,21,23). The lowest BCUT2D eigenvalue weighted by Gasteiger charge is -2.20. The summed E-state index contributed by atoms with van der Waals surface area (Å²) in [5, 5.41) is 3.50. The Morgan fingerprint density at radius 3 is 2.76 bits per heavy atom. The number of benzene rings is 2. The van der Waals surface area contributed by atoms with Crippen LogP contribution < -0.4 is 10.1 Å². The van der Waals surface area contributed by atoms with Crippen LogP contribution in [0.4, 0.5) is 0 Å². The Kier molecular flexibility index (Phi) is 5.24. The SMILES string of the molecule is COC(=O)CC(NC(=O)C1Cc2cc(Cl)ccc2O1)c1ccccc1. The third-order valence-electron chi connectivity index (χ3n) is 4.11. The summed E-state index contributed by atoms with van der Waals surface area (Å²) in [7, 11) is 1.33. The van der Waals surface area contributed by atoms with Crippen LogP contribution in [0.5, 0.6) is 5.75 Å². The predicted molar refractivity (Wildman–Crippen MR) is 93.5 cm³/mol. The molecule has 25 heavy (non-hydrogen) atoms. The van der Waals surface area contributed by atoms with Crippen molar-refractivity contribution in [2.24, 2.45) is 0 Å². The number of hydrogen-bond donors (Lipinski definition) is 1. The van der Waals surface area contributed by atoms with Gasteiger partial charge in [-0.25, -0.2) is 0 Å². The minimum Gasteiger partial charge on any atom is -0.480 e. The first-order valence-electron chi connectivity index (χ1n) is 7.94. The molecule has 0 bridgehead atoms. The third-order valence-corrected chi connectivity index (χ3v) is 4.34. The summed E-state index contributed by atoms with van der Waals surface area (Å²) in [5.74, 6) is -0.00424. The fourth-order valence-corrected chi connectivity index (χ4v) is 3.01. The van der Waals surface area contributed by atoms with E-state index in [-0.39, 0.29) is 12.3 Å². The van der Waals surface area contributed by atoms with Crippen molar-refractivity contribution in [2.75, 3.05) is 7.11 Å². The first kappa shape index (κ1) is 17.3. The van der Waals surface area contributed by atoms with Crippen molar-refractivity contribution >= 4 is 23.5 Å². The number of fused-ring (bicyclic) bond motifs is 1. The van der Waals surface area contributed by atoms with E-state index in [1.807, 2.05) is 30.3 Å². The Bertz CT molecular complexity index is 778. The van der Waals surface area contributed by atoms with Gasteiger partial charge in [0.1, 0.15) is 5.75 Å². The molecular weight excluding hydrogens is 342 g/mol. The second-order valence-corrected chi connectivity index (χ2v) is 6.25. The van der Waals surface area contributed by atoms with Crippen molar-refractivity contribution < 1.29 is 19.1 Å². The Morgan fingerprint density at radius 2 is 2.04 bits per heavy atom. The molecule has 0 spiro atoms. The van der Waals surface area contributed by atoms with Crippen molar-refractivity contribution in [3.8, 4) is 5.75 Å². The number of hydrogen-bond acceptors (Lipinski definition) is 4. The average molecular weight is 360 g/mol. The Hall–Kier alpha value is -2.53. The van der Waals surface area contributed by atoms with Gasteiger partial charge < -0.3 is 14.8 Å². The minimum atomic E-state index is -0.641. The van der Waals surface area contributed by atoms with Gasteiger partial charge in [0.2, 0.25) is 0 Å². The van der Waals surface area contributed by atoms with Crippen LogP contribution in [0.3, 0.4) is 0 Å². The quantitative estimate of drug-likeness (QED) is 0.833. The van der Waals surface area contributed by atoms with Gasteiger partial charge >= 0.3 is 5.97 Å². The van der Waals surface area contributed by atoms with Crippen LogP contribution in [0, 0.1) is 0 Å². The Balaban J connectivity index is 1.72. The molecule has 1 aliphatic rings. The van der Waals surface area contributed by atoms with E-state index in [1.165, 1.54) is 7.11 Å². The van der Waals surface area contributed by atoms with E-state index >= 15 is 0 Å². The monoisotopic (exact) mass is 359 g/mol. The zero-order valence-electron chi connectivity index (χ0n) is 13.7. The summed E-state index contributed by atoms with van der Waals surface area (Å²) in [4.78, 5) is 24.3. The van der Waals surface area contributed by atoms with Gasteiger partial charge in [-0.3, -0.25) is 9.59 Å². The Labute approximate surface area is 150 Å². The number of ether oxygens (including phenoxy) is 2. The maximum absolute atomic E-state index is 12.6. The summed E-state index contributed by atoms with van der Waals surface area (Å²) in [5.41, 5.74) is 1.73. The average Bonchev–Trinajstić information content (AvgIpc) is 3.05. The van der Waals surface area contributed by atoms with E-state index in [4.69, 9.17) is 21.1 Å². The highest BCUT2D eigenvalue weighted by atomic mass is 35.5. The van der Waals surface area contributed by atoms with E-state index in [0.29, 0.717) is 17.2 Å². The van der Waals surface area contributed by atoms with E-state index in [9.17, 15) is 9.59 Å². The highest BCUT2D eigenvalue weighted by Crippen LogP contribution is 2.31. The fourth-order valence-electron chi connectivity index (χ4n) is 2.82. The van der Waals surface area contributed by atoms with E-state index in [0.717, 1.165) is 11.1 Å². The number of carbonyl (C=O) groups is 2. The molecule has 6 heteroatoms. The van der Waals surface area contributed by atoms with Crippen molar-refractivity contribution in [1.82, 2.24) is 5.32 Å². The molecule has 1 aliphatic heterocycles. The molecule has 2 aromatic rings. The highest BCUT2D eigenvalue weighted by molar-refractivity contribution is 6.30. The first-order chi connectivity index (χ1) is 12.1. The molecule has 0 saturated heterocycles. The minimum absolute atomic E-state index is 0.0533. The zero-order valence-corrected chi connectivity index (χ0v) is 14.5. The number of carbonyl (C=O) groups excluding carboxylic acids is 2. The van der Waals surface area contributed by atoms with E-state index < -0.39 is 18.1 Å². The lowest BCUT2D eigenvalue weighted by Crippen LogP contribution is -2.40. The molecule has 0 aromatic heterocycles. The maximum atomic E-state index is 12.6. The highest BCUT2D eigenvalue weighted by Gasteiger charge is 2.31. The van der Waals surface area contributed by atoms with Gasteiger partial charge in [-0.2, -0.15) is 0 Å². The molecule has 2 aromatic carbocycles. The first-order valence-corrected chi connectivity index (χ1v) is 8.32. The van der Waals surface area contributed by atoms with Gasteiger partial charge in [-0.1, -0.05) is 41.9 Å². The second kappa shape index (κ2) is 7.57. The van der Waals surface area contributed by atoms with E-state index in [1.54, 1.807) is 18.2 Å². The molecule has 3 rings (SSSR count). The molecule has 0 fully saturated rings. The largest absolute Gasteiger partial charge is 0.480 e. The summed E-state index contributed by atoms with van der Waals surface area (Å²) in [6.45, 7) is 0. The fraction of sp³-hybridized carbons (Fsp3) is 0.263. The normalized spacial score (nSPS) is 16.5. The molecule has 0 saturated carbocycles. The van der Waals surface area contributed by atoms with Crippen molar-refractivity contribution in [2.45, 2.75) is 25.0 Å². The van der Waals surface area contributed by atoms with Gasteiger partial charge in [0.05, 0.1) is 19.6 Å². The van der Waals surface area contributed by atoms with Gasteiger partial charge in [-0.15, -0.1) is 0 Å². The number of amides is 1. The molecule has 1 heterocycles. The summed E-state index contributed by atoms with van der Waals surface area (Å²) >= 11 is 5.98. The van der Waals surface area contributed by atoms with Gasteiger partial charge in [0, 0.05) is 11.4 Å². The molecule has 0 radical (unpaired) electrons. The number of esters is 1. The number of rotatable bonds is 5. The maximum Gasteiger partial charge on any atom is 0.307 e. The molecule has 1 N–H and O–H groups in total. The lowest BCUT2D eigenvalue weighted by atomic mass is 10.0. The van der Waals surface area contributed by atoms with Crippen LogP contribution in [0.15, 0.2) is 48.5 Å². The molecule has 130 valence electrons. The van der Waals surface area contributed by atoms with Gasteiger partial charge in [0.15, 0.2) is 6.10 Å².